The molecule has 0 saturated carbocycles. The highest BCUT2D eigenvalue weighted by molar-refractivity contribution is 7.89. The van der Waals surface area contributed by atoms with Gasteiger partial charge in [0, 0.05) is 62.3 Å². The first-order valence-electron chi connectivity index (χ1n) is 13.6. The molecule has 2 aliphatic heterocycles. The number of carbonyl (C=O) groups is 2. The van der Waals surface area contributed by atoms with Gasteiger partial charge in [-0.3, -0.25) is 9.59 Å². The van der Waals surface area contributed by atoms with Crippen molar-refractivity contribution in [3.63, 3.8) is 0 Å². The van der Waals surface area contributed by atoms with Crippen molar-refractivity contribution < 1.29 is 26.8 Å². The summed E-state index contributed by atoms with van der Waals surface area (Å²) in [6.45, 7) is 3.80. The lowest BCUT2D eigenvalue weighted by atomic mass is 9.97. The summed E-state index contributed by atoms with van der Waals surface area (Å²) in [5, 5.41) is 6.74. The van der Waals surface area contributed by atoms with E-state index in [-0.39, 0.29) is 48.7 Å². The summed E-state index contributed by atoms with van der Waals surface area (Å²) in [7, 11) is -3.77. The van der Waals surface area contributed by atoms with E-state index in [1.807, 2.05) is 6.92 Å². The first kappa shape index (κ1) is 30.4. The SMILES string of the molecule is CCCCN1CC(C(=O)NC(Cc2cc(F)cc(F)c2)C[C@H]2CN(S(=O)(=O)c3ccc(Cl)cc3)CCN2)CC1=O. The molecule has 40 heavy (non-hydrogen) atoms. The molecular weight excluding hydrogens is 562 g/mol. The molecule has 12 heteroatoms. The highest BCUT2D eigenvalue weighted by Crippen LogP contribution is 2.23. The molecule has 2 fully saturated rings. The van der Waals surface area contributed by atoms with Gasteiger partial charge in [0.2, 0.25) is 21.8 Å². The number of unbranched alkanes of at least 4 members (excludes halogenated alkanes) is 1. The first-order chi connectivity index (χ1) is 19.0. The molecule has 0 bridgehead atoms. The van der Waals surface area contributed by atoms with Crippen molar-refractivity contribution in [2.24, 2.45) is 5.92 Å². The molecule has 8 nitrogen and oxygen atoms in total. The topological polar surface area (TPSA) is 98.8 Å². The Labute approximate surface area is 239 Å². The maximum atomic E-state index is 13.9. The van der Waals surface area contributed by atoms with Crippen LogP contribution in [0.25, 0.3) is 0 Å². The molecule has 2 amide bonds. The number of nitrogens with one attached hydrogen (secondary N) is 2. The minimum atomic E-state index is -3.77. The number of rotatable bonds is 11. The molecule has 0 aliphatic carbocycles. The standard InChI is InChI=1S/C28H35ClF2N4O4S/c1-2-3-9-34-17-20(14-27(34)36)28(37)33-24(13-19-11-22(30)15-23(31)12-19)16-25-18-35(10-8-32-25)40(38,39)26-6-4-21(29)5-7-26/h4-7,11-12,15,20,24-25,32H,2-3,8-10,13-14,16-18H2,1H3,(H,33,37)/t20?,24?,25-/m0/s1. The zero-order chi connectivity index (χ0) is 28.9. The minimum Gasteiger partial charge on any atom is -0.353 e. The third kappa shape index (κ3) is 7.78. The van der Waals surface area contributed by atoms with Crippen LogP contribution in [0.4, 0.5) is 8.78 Å². The fraction of sp³-hybridized carbons (Fsp3) is 0.500. The van der Waals surface area contributed by atoms with Gasteiger partial charge in [-0.2, -0.15) is 4.31 Å². The predicted molar refractivity (Wildman–Crippen MR) is 148 cm³/mol. The van der Waals surface area contributed by atoms with Crippen LogP contribution in [0.2, 0.25) is 5.02 Å². The summed E-state index contributed by atoms with van der Waals surface area (Å²) in [4.78, 5) is 27.5. The van der Waals surface area contributed by atoms with Crippen molar-refractivity contribution in [1.29, 1.82) is 0 Å². The summed E-state index contributed by atoms with van der Waals surface area (Å²) in [6.07, 6.45) is 2.37. The van der Waals surface area contributed by atoms with Crippen molar-refractivity contribution in [3.05, 3.63) is 64.7 Å². The number of sulfonamides is 1. The van der Waals surface area contributed by atoms with E-state index in [0.717, 1.165) is 18.9 Å². The minimum absolute atomic E-state index is 0.0608. The fourth-order valence-corrected chi connectivity index (χ4v) is 6.92. The van der Waals surface area contributed by atoms with Gasteiger partial charge in [-0.25, -0.2) is 17.2 Å². The van der Waals surface area contributed by atoms with Gasteiger partial charge in [0.25, 0.3) is 0 Å². The Morgan fingerprint density at radius 3 is 2.52 bits per heavy atom. The summed E-state index contributed by atoms with van der Waals surface area (Å²) < 4.78 is 55.8. The first-order valence-corrected chi connectivity index (χ1v) is 15.4. The molecule has 2 N–H and O–H groups in total. The van der Waals surface area contributed by atoms with E-state index in [4.69, 9.17) is 11.6 Å². The molecule has 218 valence electrons. The van der Waals surface area contributed by atoms with Gasteiger partial charge in [0.1, 0.15) is 11.6 Å². The van der Waals surface area contributed by atoms with Crippen molar-refractivity contribution in [2.75, 3.05) is 32.7 Å². The average Bonchev–Trinajstić information content (AvgIpc) is 3.27. The Morgan fingerprint density at radius 1 is 1.15 bits per heavy atom. The third-order valence-corrected chi connectivity index (χ3v) is 9.49. The number of likely N-dealkylation sites (tertiary alicyclic amines) is 1. The van der Waals surface area contributed by atoms with Crippen LogP contribution in [0.3, 0.4) is 0 Å². The van der Waals surface area contributed by atoms with Gasteiger partial charge in [-0.1, -0.05) is 24.9 Å². The number of nitrogens with zero attached hydrogens (tertiary/aromatic N) is 2. The molecule has 2 saturated heterocycles. The molecule has 2 aromatic rings. The van der Waals surface area contributed by atoms with Crippen molar-refractivity contribution in [3.8, 4) is 0 Å². The normalized spacial score (nSPS) is 21.0. The van der Waals surface area contributed by atoms with E-state index >= 15 is 0 Å². The summed E-state index contributed by atoms with van der Waals surface area (Å²) in [5.74, 6) is -2.31. The fourth-order valence-electron chi connectivity index (χ4n) is 5.31. The molecule has 0 spiro atoms. The van der Waals surface area contributed by atoms with Crippen LogP contribution in [-0.2, 0) is 26.0 Å². The number of hydrogen-bond acceptors (Lipinski definition) is 5. The molecule has 4 rings (SSSR count). The van der Waals surface area contributed by atoms with Crippen LogP contribution >= 0.6 is 11.6 Å². The number of amides is 2. The van der Waals surface area contributed by atoms with Crippen LogP contribution in [0.15, 0.2) is 47.4 Å². The Hall–Kier alpha value is -2.60. The number of halogens is 3. The van der Waals surface area contributed by atoms with Gasteiger partial charge in [-0.15, -0.1) is 0 Å². The zero-order valence-electron chi connectivity index (χ0n) is 22.4. The zero-order valence-corrected chi connectivity index (χ0v) is 24.0. The molecule has 2 aliphatic rings. The number of benzene rings is 2. The monoisotopic (exact) mass is 596 g/mol. The highest BCUT2D eigenvalue weighted by atomic mass is 35.5. The Morgan fingerprint density at radius 2 is 1.85 bits per heavy atom. The Bertz CT molecular complexity index is 1290. The third-order valence-electron chi connectivity index (χ3n) is 7.36. The lowest BCUT2D eigenvalue weighted by molar-refractivity contribution is -0.129. The molecule has 2 heterocycles. The second-order valence-corrected chi connectivity index (χ2v) is 12.9. The van der Waals surface area contributed by atoms with Gasteiger partial charge < -0.3 is 15.5 Å². The molecule has 0 aromatic heterocycles. The summed E-state index contributed by atoms with van der Waals surface area (Å²) in [6, 6.07) is 8.32. The van der Waals surface area contributed by atoms with Crippen LogP contribution < -0.4 is 10.6 Å². The van der Waals surface area contributed by atoms with Crippen molar-refractivity contribution in [2.45, 2.75) is 56.0 Å². The second-order valence-electron chi connectivity index (χ2n) is 10.5. The van der Waals surface area contributed by atoms with Gasteiger partial charge >= 0.3 is 0 Å². The van der Waals surface area contributed by atoms with Gasteiger partial charge in [-0.05, 0) is 61.2 Å². The Balaban J connectivity index is 1.48. The smallest absolute Gasteiger partial charge is 0.243 e. The molecule has 0 radical (unpaired) electrons. The largest absolute Gasteiger partial charge is 0.353 e. The van der Waals surface area contributed by atoms with E-state index in [0.29, 0.717) is 36.6 Å². The van der Waals surface area contributed by atoms with Gasteiger partial charge in [0.05, 0.1) is 10.8 Å². The quantitative estimate of drug-likeness (QED) is 0.415. The van der Waals surface area contributed by atoms with Crippen LogP contribution in [0, 0.1) is 17.6 Å². The highest BCUT2D eigenvalue weighted by Gasteiger charge is 2.36. The predicted octanol–water partition coefficient (Wildman–Crippen LogP) is 3.35. The molecule has 3 atom stereocenters. The summed E-state index contributed by atoms with van der Waals surface area (Å²) in [5.41, 5.74) is 0.372. The molecule has 2 aromatic carbocycles. The number of carbonyl (C=O) groups excluding carboxylic acids is 2. The van der Waals surface area contributed by atoms with Crippen LogP contribution in [-0.4, -0.2) is 74.2 Å². The second kappa shape index (κ2) is 13.4. The maximum absolute atomic E-state index is 13.9. The maximum Gasteiger partial charge on any atom is 0.243 e. The van der Waals surface area contributed by atoms with Crippen LogP contribution in [0.1, 0.15) is 38.2 Å². The Kier molecular flexibility index (Phi) is 10.2. The average molecular weight is 597 g/mol. The van der Waals surface area contributed by atoms with E-state index in [9.17, 15) is 26.8 Å². The molecular formula is C28H35ClF2N4O4S. The molecule has 2 unspecified atom stereocenters. The van der Waals surface area contributed by atoms with E-state index in [2.05, 4.69) is 10.6 Å². The van der Waals surface area contributed by atoms with Crippen molar-refractivity contribution in [1.82, 2.24) is 19.8 Å². The summed E-state index contributed by atoms with van der Waals surface area (Å²) >= 11 is 5.92. The van der Waals surface area contributed by atoms with Crippen molar-refractivity contribution >= 4 is 33.4 Å². The van der Waals surface area contributed by atoms with E-state index in [1.54, 1.807) is 4.90 Å². The number of hydrogen-bond donors (Lipinski definition) is 2. The number of piperazine rings is 1. The van der Waals surface area contributed by atoms with E-state index < -0.39 is 33.6 Å². The van der Waals surface area contributed by atoms with E-state index in [1.165, 1.54) is 40.7 Å². The lowest BCUT2D eigenvalue weighted by Gasteiger charge is -2.35. The van der Waals surface area contributed by atoms with Crippen LogP contribution in [0.5, 0.6) is 0 Å². The van der Waals surface area contributed by atoms with Gasteiger partial charge in [0.15, 0.2) is 0 Å². The lowest BCUT2D eigenvalue weighted by Crippen LogP contribution is -2.55.